The van der Waals surface area contributed by atoms with Crippen LogP contribution in [0.1, 0.15) is 29.8 Å². The van der Waals surface area contributed by atoms with Crippen molar-refractivity contribution in [1.29, 1.82) is 0 Å². The third kappa shape index (κ3) is 4.62. The first-order valence-electron chi connectivity index (χ1n) is 9.76. The van der Waals surface area contributed by atoms with E-state index in [2.05, 4.69) is 0 Å². The van der Waals surface area contributed by atoms with Crippen LogP contribution < -0.4 is 9.64 Å². The number of carbonyl (C=O) groups is 1. The lowest BCUT2D eigenvalue weighted by Crippen LogP contribution is -2.49. The number of ether oxygens (including phenoxy) is 2. The van der Waals surface area contributed by atoms with Crippen molar-refractivity contribution in [2.45, 2.75) is 20.5 Å². The van der Waals surface area contributed by atoms with Gasteiger partial charge in [-0.1, -0.05) is 12.1 Å². The number of amides is 1. The van der Waals surface area contributed by atoms with Crippen molar-refractivity contribution in [3.8, 4) is 5.75 Å². The molecule has 0 aromatic heterocycles. The van der Waals surface area contributed by atoms with E-state index in [9.17, 15) is 9.18 Å². The highest BCUT2D eigenvalue weighted by Gasteiger charge is 2.24. The molecule has 1 heterocycles. The summed E-state index contributed by atoms with van der Waals surface area (Å²) in [5, 5.41) is 0. The fourth-order valence-corrected chi connectivity index (χ4v) is 3.37. The first kappa shape index (κ1) is 20.1. The number of hydrogen-bond acceptors (Lipinski definition) is 4. The molecule has 1 fully saturated rings. The molecule has 1 aliphatic heterocycles. The molecule has 1 aliphatic rings. The molecule has 2 aromatic carbocycles. The molecule has 28 heavy (non-hydrogen) atoms. The van der Waals surface area contributed by atoms with Crippen molar-refractivity contribution in [2.24, 2.45) is 0 Å². The average molecular weight is 386 g/mol. The van der Waals surface area contributed by atoms with E-state index in [1.807, 2.05) is 41.8 Å². The van der Waals surface area contributed by atoms with Crippen molar-refractivity contribution in [1.82, 2.24) is 4.90 Å². The summed E-state index contributed by atoms with van der Waals surface area (Å²) in [6.45, 7) is 7.76. The Hall–Kier alpha value is -2.60. The molecule has 0 unspecified atom stereocenters. The molecule has 5 nitrogen and oxygen atoms in total. The van der Waals surface area contributed by atoms with E-state index >= 15 is 0 Å². The lowest BCUT2D eigenvalue weighted by Gasteiger charge is -2.36. The molecule has 150 valence electrons. The maximum atomic E-state index is 14.0. The van der Waals surface area contributed by atoms with E-state index < -0.39 is 0 Å². The van der Waals surface area contributed by atoms with Gasteiger partial charge in [0.25, 0.3) is 5.91 Å². The minimum absolute atomic E-state index is 0.0195. The van der Waals surface area contributed by atoms with Crippen molar-refractivity contribution in [3.05, 3.63) is 59.4 Å². The predicted molar refractivity (Wildman–Crippen MR) is 107 cm³/mol. The lowest BCUT2D eigenvalue weighted by molar-refractivity contribution is 0.0746. The summed E-state index contributed by atoms with van der Waals surface area (Å²) in [6, 6.07) is 12.2. The van der Waals surface area contributed by atoms with Crippen LogP contribution in [0.15, 0.2) is 42.5 Å². The van der Waals surface area contributed by atoms with E-state index in [1.54, 1.807) is 18.2 Å². The van der Waals surface area contributed by atoms with Gasteiger partial charge in [-0.25, -0.2) is 4.39 Å². The Morgan fingerprint density at radius 2 is 1.79 bits per heavy atom. The summed E-state index contributed by atoms with van der Waals surface area (Å²) in [5.41, 5.74) is 2.09. The van der Waals surface area contributed by atoms with Crippen molar-refractivity contribution in [3.63, 3.8) is 0 Å². The molecule has 0 atom stereocenters. The third-order valence-electron chi connectivity index (χ3n) is 4.83. The fraction of sp³-hybridized carbons (Fsp3) is 0.409. The fourth-order valence-electron chi connectivity index (χ4n) is 3.37. The van der Waals surface area contributed by atoms with E-state index in [4.69, 9.17) is 9.47 Å². The number of anilines is 1. The maximum absolute atomic E-state index is 14.0. The largest absolute Gasteiger partial charge is 0.494 e. The zero-order chi connectivity index (χ0) is 19.9. The summed E-state index contributed by atoms with van der Waals surface area (Å²) < 4.78 is 25.2. The quantitative estimate of drug-likeness (QED) is 0.727. The van der Waals surface area contributed by atoms with Gasteiger partial charge in [-0.2, -0.15) is 0 Å². The van der Waals surface area contributed by atoms with E-state index in [-0.39, 0.29) is 11.7 Å². The Balaban J connectivity index is 1.68. The molecule has 0 saturated carbocycles. The SMILES string of the molecule is CCOCc1cc(C(=O)N2CCN(c3ccccc3F)CC2)ccc1OCC. The van der Waals surface area contributed by atoms with Crippen LogP contribution in [0, 0.1) is 5.82 Å². The number of nitrogens with zero attached hydrogens (tertiary/aromatic N) is 2. The zero-order valence-corrected chi connectivity index (χ0v) is 16.5. The van der Waals surface area contributed by atoms with Crippen molar-refractivity contribution in [2.75, 3.05) is 44.3 Å². The van der Waals surface area contributed by atoms with Gasteiger partial charge in [0.1, 0.15) is 11.6 Å². The van der Waals surface area contributed by atoms with E-state index in [0.29, 0.717) is 57.3 Å². The van der Waals surface area contributed by atoms with Gasteiger partial charge in [-0.3, -0.25) is 4.79 Å². The summed E-state index contributed by atoms with van der Waals surface area (Å²) in [6.07, 6.45) is 0. The Bertz CT molecular complexity index is 804. The van der Waals surface area contributed by atoms with Crippen LogP contribution in [0.2, 0.25) is 0 Å². The van der Waals surface area contributed by atoms with Crippen LogP contribution in [-0.4, -0.2) is 50.2 Å². The van der Waals surface area contributed by atoms with Gasteiger partial charge in [0, 0.05) is 43.9 Å². The molecular weight excluding hydrogens is 359 g/mol. The number of halogens is 1. The van der Waals surface area contributed by atoms with Gasteiger partial charge in [0.15, 0.2) is 0 Å². The van der Waals surface area contributed by atoms with Gasteiger partial charge in [0.05, 0.1) is 18.9 Å². The summed E-state index contributed by atoms with van der Waals surface area (Å²) in [5.74, 6) is 0.500. The lowest BCUT2D eigenvalue weighted by atomic mass is 10.1. The number of hydrogen-bond donors (Lipinski definition) is 0. The molecule has 6 heteroatoms. The number of benzene rings is 2. The number of para-hydroxylation sites is 1. The molecule has 0 aliphatic carbocycles. The topological polar surface area (TPSA) is 42.0 Å². The molecule has 0 spiro atoms. The number of carbonyl (C=O) groups excluding carboxylic acids is 1. The normalized spacial score (nSPS) is 14.2. The van der Waals surface area contributed by atoms with Gasteiger partial charge < -0.3 is 19.3 Å². The van der Waals surface area contributed by atoms with Crippen LogP contribution in [-0.2, 0) is 11.3 Å². The first-order chi connectivity index (χ1) is 13.6. The molecule has 1 saturated heterocycles. The molecule has 0 bridgehead atoms. The Morgan fingerprint density at radius 3 is 2.46 bits per heavy atom. The molecular formula is C22H27FN2O3. The standard InChI is InChI=1S/C22H27FN2O3/c1-3-27-16-18-15-17(9-10-21(18)28-4-2)22(26)25-13-11-24(12-14-25)20-8-6-5-7-19(20)23/h5-10,15H,3-4,11-14,16H2,1-2H3. The van der Waals surface area contributed by atoms with E-state index in [1.165, 1.54) is 6.07 Å². The number of rotatable bonds is 7. The third-order valence-corrected chi connectivity index (χ3v) is 4.83. The second-order valence-electron chi connectivity index (χ2n) is 6.62. The van der Waals surface area contributed by atoms with Gasteiger partial charge >= 0.3 is 0 Å². The Morgan fingerprint density at radius 1 is 1.04 bits per heavy atom. The number of piperazine rings is 1. The summed E-state index contributed by atoms with van der Waals surface area (Å²) >= 11 is 0. The molecule has 3 rings (SSSR count). The maximum Gasteiger partial charge on any atom is 0.253 e. The zero-order valence-electron chi connectivity index (χ0n) is 16.5. The van der Waals surface area contributed by atoms with Crippen LogP contribution in [0.3, 0.4) is 0 Å². The van der Waals surface area contributed by atoms with Crippen LogP contribution in [0.25, 0.3) is 0 Å². The van der Waals surface area contributed by atoms with Gasteiger partial charge in [-0.15, -0.1) is 0 Å². The van der Waals surface area contributed by atoms with Crippen molar-refractivity contribution >= 4 is 11.6 Å². The minimum atomic E-state index is -0.227. The first-order valence-corrected chi connectivity index (χ1v) is 9.76. The van der Waals surface area contributed by atoms with Crippen molar-refractivity contribution < 1.29 is 18.7 Å². The molecule has 1 amide bonds. The monoisotopic (exact) mass is 386 g/mol. The highest BCUT2D eigenvalue weighted by molar-refractivity contribution is 5.94. The minimum Gasteiger partial charge on any atom is -0.494 e. The van der Waals surface area contributed by atoms with Crippen LogP contribution in [0.5, 0.6) is 5.75 Å². The smallest absolute Gasteiger partial charge is 0.253 e. The van der Waals surface area contributed by atoms with Crippen LogP contribution >= 0.6 is 0 Å². The average Bonchev–Trinajstić information content (AvgIpc) is 2.73. The second-order valence-corrected chi connectivity index (χ2v) is 6.62. The second kappa shape index (κ2) is 9.55. The summed E-state index contributed by atoms with van der Waals surface area (Å²) in [4.78, 5) is 16.8. The Kier molecular flexibility index (Phi) is 6.87. The molecule has 2 aromatic rings. The van der Waals surface area contributed by atoms with Crippen LogP contribution in [0.4, 0.5) is 10.1 Å². The van der Waals surface area contributed by atoms with Gasteiger partial charge in [0.2, 0.25) is 0 Å². The van der Waals surface area contributed by atoms with Gasteiger partial charge in [-0.05, 0) is 44.2 Å². The highest BCUT2D eigenvalue weighted by Crippen LogP contribution is 2.24. The summed E-state index contributed by atoms with van der Waals surface area (Å²) in [7, 11) is 0. The Labute approximate surface area is 165 Å². The molecule has 0 N–H and O–H groups in total. The van der Waals surface area contributed by atoms with E-state index in [0.717, 1.165) is 11.3 Å². The predicted octanol–water partition coefficient (Wildman–Crippen LogP) is 3.72. The highest BCUT2D eigenvalue weighted by atomic mass is 19.1. The molecule has 0 radical (unpaired) electrons.